The van der Waals surface area contributed by atoms with Crippen molar-refractivity contribution in [3.05, 3.63) is 95.0 Å². The van der Waals surface area contributed by atoms with Gasteiger partial charge in [-0.3, -0.25) is 14.5 Å². The van der Waals surface area contributed by atoms with E-state index in [1.807, 2.05) is 24.3 Å². The monoisotopic (exact) mass is 399 g/mol. The predicted octanol–water partition coefficient (Wildman–Crippen LogP) is 4.78. The van der Waals surface area contributed by atoms with Crippen molar-refractivity contribution in [2.45, 2.75) is 31.7 Å². The number of hydrogen-bond acceptors (Lipinski definition) is 4. The third kappa shape index (κ3) is 2.94. The lowest BCUT2D eigenvalue weighted by atomic mass is 9.89. The van der Waals surface area contributed by atoms with E-state index < -0.39 is 17.7 Å². The van der Waals surface area contributed by atoms with Gasteiger partial charge in [0.25, 0.3) is 11.7 Å². The summed E-state index contributed by atoms with van der Waals surface area (Å²) in [4.78, 5) is 27.4. The van der Waals surface area contributed by atoms with Gasteiger partial charge in [0, 0.05) is 11.3 Å². The molecule has 2 heterocycles. The number of para-hydroxylation sites is 1. The topological polar surface area (TPSA) is 70.8 Å². The van der Waals surface area contributed by atoms with Crippen molar-refractivity contribution < 1.29 is 19.1 Å². The molecule has 1 fully saturated rings. The summed E-state index contributed by atoms with van der Waals surface area (Å²) in [5, 5.41) is 11.2. The minimum Gasteiger partial charge on any atom is -0.507 e. The summed E-state index contributed by atoms with van der Waals surface area (Å²) >= 11 is 0. The van der Waals surface area contributed by atoms with Crippen molar-refractivity contribution in [2.75, 3.05) is 4.90 Å². The van der Waals surface area contributed by atoms with E-state index in [0.717, 1.165) is 19.3 Å². The summed E-state index contributed by atoms with van der Waals surface area (Å²) in [5.74, 6) is -1.13. The van der Waals surface area contributed by atoms with Crippen LogP contribution in [0.4, 0.5) is 5.69 Å². The van der Waals surface area contributed by atoms with Crippen LogP contribution in [-0.2, 0) is 22.4 Å². The number of amides is 1. The second-order valence-corrected chi connectivity index (χ2v) is 7.71. The zero-order chi connectivity index (χ0) is 20.7. The largest absolute Gasteiger partial charge is 0.507 e. The molecule has 2 aliphatic rings. The summed E-state index contributed by atoms with van der Waals surface area (Å²) in [5.41, 5.74) is 3.65. The van der Waals surface area contributed by atoms with Gasteiger partial charge in [0.05, 0.1) is 11.8 Å². The van der Waals surface area contributed by atoms with E-state index in [1.54, 1.807) is 36.4 Å². The number of carbonyl (C=O) groups excluding carboxylic acids is 2. The first-order valence-corrected chi connectivity index (χ1v) is 10.2. The fraction of sp³-hybridized carbons (Fsp3) is 0.200. The number of fused-ring (bicyclic) bond motifs is 1. The van der Waals surface area contributed by atoms with E-state index in [-0.39, 0.29) is 11.3 Å². The van der Waals surface area contributed by atoms with E-state index in [0.29, 0.717) is 17.0 Å². The first-order valence-electron chi connectivity index (χ1n) is 10.2. The van der Waals surface area contributed by atoms with Gasteiger partial charge in [-0.05, 0) is 67.1 Å². The Morgan fingerprint density at radius 3 is 2.43 bits per heavy atom. The second-order valence-electron chi connectivity index (χ2n) is 7.71. The Morgan fingerprint density at radius 2 is 1.70 bits per heavy atom. The highest BCUT2D eigenvalue weighted by Gasteiger charge is 2.48. The highest BCUT2D eigenvalue weighted by molar-refractivity contribution is 6.51. The number of ketones is 1. The number of Topliss-reactive ketones (excluding diaryl/α,β-unsaturated/α-hetero) is 1. The molecule has 1 aliphatic heterocycles. The van der Waals surface area contributed by atoms with Gasteiger partial charge in [0.2, 0.25) is 0 Å². The van der Waals surface area contributed by atoms with E-state index in [1.165, 1.54) is 28.7 Å². The van der Waals surface area contributed by atoms with Crippen molar-refractivity contribution in [1.82, 2.24) is 0 Å². The van der Waals surface area contributed by atoms with Crippen molar-refractivity contribution in [3.8, 4) is 0 Å². The van der Waals surface area contributed by atoms with Gasteiger partial charge >= 0.3 is 0 Å². The van der Waals surface area contributed by atoms with Crippen molar-refractivity contribution in [2.24, 2.45) is 0 Å². The number of aliphatic hydroxyl groups excluding tert-OH is 1. The zero-order valence-electron chi connectivity index (χ0n) is 16.4. The Hall–Kier alpha value is -3.60. The molecule has 1 unspecified atom stereocenters. The number of aliphatic hydroxyl groups is 1. The van der Waals surface area contributed by atoms with Crippen molar-refractivity contribution >= 4 is 23.1 Å². The molecule has 150 valence electrons. The van der Waals surface area contributed by atoms with E-state index in [4.69, 9.17) is 4.42 Å². The third-order valence-electron chi connectivity index (χ3n) is 5.91. The molecule has 5 nitrogen and oxygen atoms in total. The van der Waals surface area contributed by atoms with Crippen LogP contribution < -0.4 is 4.90 Å². The Labute approximate surface area is 174 Å². The minimum absolute atomic E-state index is 0.0505. The average Bonchev–Trinajstić information content (AvgIpc) is 3.40. The van der Waals surface area contributed by atoms with Gasteiger partial charge in [-0.25, -0.2) is 0 Å². The fourth-order valence-electron chi connectivity index (χ4n) is 4.44. The number of hydrogen-bond donors (Lipinski definition) is 1. The van der Waals surface area contributed by atoms with Gasteiger partial charge in [-0.15, -0.1) is 0 Å². The molecule has 1 saturated heterocycles. The smallest absolute Gasteiger partial charge is 0.300 e. The molecular formula is C25H21NO4. The highest BCUT2D eigenvalue weighted by atomic mass is 16.3. The Balaban J connectivity index is 1.67. The van der Waals surface area contributed by atoms with Crippen LogP contribution in [0.5, 0.6) is 0 Å². The Morgan fingerprint density at radius 1 is 0.933 bits per heavy atom. The lowest BCUT2D eigenvalue weighted by Crippen LogP contribution is -2.29. The van der Waals surface area contributed by atoms with Crippen molar-refractivity contribution in [1.29, 1.82) is 0 Å². The summed E-state index contributed by atoms with van der Waals surface area (Å²) in [6, 6.07) is 17.4. The fourth-order valence-corrected chi connectivity index (χ4v) is 4.44. The maximum absolute atomic E-state index is 13.0. The Bertz CT molecular complexity index is 1150. The van der Waals surface area contributed by atoms with E-state index >= 15 is 0 Å². The van der Waals surface area contributed by atoms with Crippen LogP contribution in [0.1, 0.15) is 41.3 Å². The molecule has 1 N–H and O–H groups in total. The lowest BCUT2D eigenvalue weighted by Gasteiger charge is -2.23. The predicted molar refractivity (Wildman–Crippen MR) is 113 cm³/mol. The second kappa shape index (κ2) is 7.34. The van der Waals surface area contributed by atoms with Crippen LogP contribution >= 0.6 is 0 Å². The number of aryl methyl sites for hydroxylation is 2. The van der Waals surface area contributed by atoms with Gasteiger partial charge in [0.15, 0.2) is 0 Å². The molecule has 1 atom stereocenters. The standard InChI is InChI=1S/C25H21NO4/c27-23(18-13-12-16-7-4-5-8-17(16)15-18)21-22(20-11-6-14-30-20)26(25(29)24(21)28)19-9-2-1-3-10-19/h1-3,6,9-15,22,27H,4-5,7-8H2/b23-21-. The molecule has 2 aromatic carbocycles. The van der Waals surface area contributed by atoms with Crippen LogP contribution in [0.25, 0.3) is 5.76 Å². The summed E-state index contributed by atoms with van der Waals surface area (Å²) in [7, 11) is 0. The van der Waals surface area contributed by atoms with Crippen LogP contribution in [0.2, 0.25) is 0 Å². The summed E-state index contributed by atoms with van der Waals surface area (Å²) in [6.07, 6.45) is 5.76. The average molecular weight is 399 g/mol. The minimum atomic E-state index is -0.821. The molecule has 3 aromatic rings. The molecule has 1 aliphatic carbocycles. The number of nitrogens with zero attached hydrogens (tertiary/aromatic N) is 1. The summed E-state index contributed by atoms with van der Waals surface area (Å²) < 4.78 is 5.58. The number of carbonyl (C=O) groups is 2. The van der Waals surface area contributed by atoms with Crippen LogP contribution in [-0.4, -0.2) is 16.8 Å². The maximum Gasteiger partial charge on any atom is 0.300 e. The molecule has 0 radical (unpaired) electrons. The number of furan rings is 1. The molecule has 0 bridgehead atoms. The summed E-state index contributed by atoms with van der Waals surface area (Å²) in [6.45, 7) is 0. The molecular weight excluding hydrogens is 378 g/mol. The van der Waals surface area contributed by atoms with E-state index in [2.05, 4.69) is 0 Å². The number of benzene rings is 2. The quantitative estimate of drug-likeness (QED) is 0.391. The normalized spacial score (nSPS) is 20.4. The molecule has 30 heavy (non-hydrogen) atoms. The van der Waals surface area contributed by atoms with Gasteiger partial charge in [-0.2, -0.15) is 0 Å². The first-order chi connectivity index (χ1) is 14.6. The zero-order valence-corrected chi connectivity index (χ0v) is 16.4. The molecule has 1 aromatic heterocycles. The molecule has 0 saturated carbocycles. The number of anilines is 1. The van der Waals surface area contributed by atoms with Gasteiger partial charge < -0.3 is 9.52 Å². The molecule has 5 heteroatoms. The molecule has 5 rings (SSSR count). The van der Waals surface area contributed by atoms with Crippen LogP contribution in [0.15, 0.2) is 76.9 Å². The van der Waals surface area contributed by atoms with Crippen LogP contribution in [0, 0.1) is 0 Å². The first kappa shape index (κ1) is 18.4. The van der Waals surface area contributed by atoms with Crippen molar-refractivity contribution in [3.63, 3.8) is 0 Å². The number of rotatable bonds is 3. The van der Waals surface area contributed by atoms with Gasteiger partial charge in [-0.1, -0.05) is 30.3 Å². The highest BCUT2D eigenvalue weighted by Crippen LogP contribution is 2.42. The van der Waals surface area contributed by atoms with E-state index in [9.17, 15) is 14.7 Å². The third-order valence-corrected chi connectivity index (χ3v) is 5.91. The Kier molecular flexibility index (Phi) is 4.51. The molecule has 0 spiro atoms. The molecule has 1 amide bonds. The lowest BCUT2D eigenvalue weighted by molar-refractivity contribution is -0.132. The van der Waals surface area contributed by atoms with Gasteiger partial charge in [0.1, 0.15) is 17.6 Å². The van der Waals surface area contributed by atoms with Crippen LogP contribution in [0.3, 0.4) is 0 Å². The maximum atomic E-state index is 13.0. The SMILES string of the molecule is O=C1C(=O)N(c2ccccc2)C(c2ccco2)/C1=C(/O)c1ccc2c(c1)CCCC2.